The first-order valence-corrected chi connectivity index (χ1v) is 4.87. The van der Waals surface area contributed by atoms with Crippen LogP contribution >= 0.6 is 0 Å². The Labute approximate surface area is 94.4 Å². The third-order valence-electron chi connectivity index (χ3n) is 1.73. The van der Waals surface area contributed by atoms with E-state index in [1.165, 1.54) is 12.1 Å². The minimum Gasteiger partial charge on any atom is -0.506 e. The van der Waals surface area contributed by atoms with Crippen molar-refractivity contribution in [1.29, 1.82) is 0 Å². The number of phenols is 1. The lowest BCUT2D eigenvalue weighted by Crippen LogP contribution is -2.41. The molecule has 0 aromatic heterocycles. The molecule has 0 saturated heterocycles. The molecule has 0 radical (unpaired) electrons. The van der Waals surface area contributed by atoms with Gasteiger partial charge in [0.15, 0.2) is 0 Å². The van der Waals surface area contributed by atoms with Crippen LogP contribution in [-0.2, 0) is 4.74 Å². The van der Waals surface area contributed by atoms with Gasteiger partial charge in [-0.15, -0.1) is 0 Å². The second kappa shape index (κ2) is 4.40. The number of carbonyl (C=O) groups is 1. The van der Waals surface area contributed by atoms with Crippen molar-refractivity contribution in [2.75, 3.05) is 5.01 Å². The van der Waals surface area contributed by atoms with Gasteiger partial charge in [-0.1, -0.05) is 12.1 Å². The van der Waals surface area contributed by atoms with Gasteiger partial charge in [0, 0.05) is 0 Å². The van der Waals surface area contributed by atoms with E-state index in [1.54, 1.807) is 32.9 Å². The summed E-state index contributed by atoms with van der Waals surface area (Å²) in [6.45, 7) is 5.22. The average molecular weight is 224 g/mol. The first-order chi connectivity index (χ1) is 7.31. The van der Waals surface area contributed by atoms with Crippen LogP contribution in [0, 0.1) is 0 Å². The van der Waals surface area contributed by atoms with Crippen LogP contribution in [-0.4, -0.2) is 16.8 Å². The van der Waals surface area contributed by atoms with Gasteiger partial charge in [0.2, 0.25) is 0 Å². The Balaban J connectivity index is 2.83. The van der Waals surface area contributed by atoms with Crippen LogP contribution < -0.4 is 10.9 Å². The molecule has 0 fully saturated rings. The predicted octanol–water partition coefficient (Wildman–Crippen LogP) is 2.01. The highest BCUT2D eigenvalue weighted by Gasteiger charge is 2.22. The molecule has 5 heteroatoms. The number of hydrogen-bond acceptors (Lipinski definition) is 4. The van der Waals surface area contributed by atoms with Crippen LogP contribution in [0.1, 0.15) is 20.8 Å². The van der Waals surface area contributed by atoms with Gasteiger partial charge in [0.05, 0.1) is 0 Å². The smallest absolute Gasteiger partial charge is 0.429 e. The molecule has 0 saturated carbocycles. The van der Waals surface area contributed by atoms with Gasteiger partial charge in [-0.25, -0.2) is 15.6 Å². The zero-order valence-corrected chi connectivity index (χ0v) is 9.60. The number of carbonyl (C=O) groups excluding carboxylic acids is 1. The number of aromatic hydroxyl groups is 1. The number of benzene rings is 1. The first kappa shape index (κ1) is 12.3. The summed E-state index contributed by atoms with van der Waals surface area (Å²) >= 11 is 0. The monoisotopic (exact) mass is 224 g/mol. The highest BCUT2D eigenvalue weighted by Crippen LogP contribution is 2.25. The van der Waals surface area contributed by atoms with E-state index in [-0.39, 0.29) is 11.4 Å². The van der Waals surface area contributed by atoms with E-state index in [0.29, 0.717) is 0 Å². The molecule has 3 N–H and O–H groups in total. The quantitative estimate of drug-likeness (QED) is 0.434. The molecule has 0 heterocycles. The van der Waals surface area contributed by atoms with Crippen LogP contribution in [0.25, 0.3) is 0 Å². The van der Waals surface area contributed by atoms with Crippen molar-refractivity contribution in [3.8, 4) is 5.75 Å². The van der Waals surface area contributed by atoms with Gasteiger partial charge in [0.25, 0.3) is 0 Å². The fraction of sp³-hybridized carbons (Fsp3) is 0.364. The van der Waals surface area contributed by atoms with Gasteiger partial charge in [-0.3, -0.25) is 0 Å². The summed E-state index contributed by atoms with van der Waals surface area (Å²) in [5.41, 5.74) is -0.421. The molecule has 0 aliphatic rings. The lowest BCUT2D eigenvalue weighted by molar-refractivity contribution is 0.0579. The molecule has 1 rings (SSSR count). The average Bonchev–Trinajstić information content (AvgIpc) is 2.15. The van der Waals surface area contributed by atoms with Crippen molar-refractivity contribution in [2.45, 2.75) is 26.4 Å². The normalized spacial score (nSPS) is 11.0. The zero-order chi connectivity index (χ0) is 12.3. The third kappa shape index (κ3) is 3.13. The van der Waals surface area contributed by atoms with E-state index in [0.717, 1.165) is 5.01 Å². The molecular formula is C11H16N2O3. The Kier molecular flexibility index (Phi) is 3.39. The number of phenolic OH excluding ortho intramolecular Hbond substituents is 1. The van der Waals surface area contributed by atoms with Crippen LogP contribution in [0.15, 0.2) is 24.3 Å². The van der Waals surface area contributed by atoms with Crippen molar-refractivity contribution < 1.29 is 14.6 Å². The van der Waals surface area contributed by atoms with Crippen LogP contribution in [0.2, 0.25) is 0 Å². The molecule has 0 atom stereocenters. The first-order valence-electron chi connectivity index (χ1n) is 4.87. The molecule has 5 nitrogen and oxygen atoms in total. The minimum absolute atomic E-state index is 0.0733. The highest BCUT2D eigenvalue weighted by molar-refractivity contribution is 5.88. The van der Waals surface area contributed by atoms with E-state index in [1.807, 2.05) is 0 Å². The number of rotatable bonds is 1. The molecule has 1 aromatic carbocycles. The molecule has 1 amide bonds. The van der Waals surface area contributed by atoms with Gasteiger partial charge >= 0.3 is 6.09 Å². The van der Waals surface area contributed by atoms with Gasteiger partial charge in [0.1, 0.15) is 17.0 Å². The topological polar surface area (TPSA) is 75.8 Å². The maximum absolute atomic E-state index is 11.6. The number of nitrogens with two attached hydrogens (primary N) is 1. The lowest BCUT2D eigenvalue weighted by Gasteiger charge is -2.24. The maximum atomic E-state index is 11.6. The molecule has 88 valence electrons. The van der Waals surface area contributed by atoms with E-state index in [9.17, 15) is 9.90 Å². The largest absolute Gasteiger partial charge is 0.506 e. The standard InChI is InChI=1S/C11H16N2O3/c1-11(2,3)16-10(15)13(12)8-6-4-5-7-9(8)14/h4-7,14H,12H2,1-3H3. The van der Waals surface area contributed by atoms with Crippen molar-refractivity contribution in [3.05, 3.63) is 24.3 Å². The second-order valence-corrected chi connectivity index (χ2v) is 4.34. The van der Waals surface area contributed by atoms with Crippen LogP contribution in [0.5, 0.6) is 5.75 Å². The Morgan fingerprint density at radius 1 is 1.38 bits per heavy atom. The summed E-state index contributed by atoms with van der Waals surface area (Å²) in [5.74, 6) is 5.47. The fourth-order valence-electron chi connectivity index (χ4n) is 1.08. The fourth-order valence-corrected chi connectivity index (χ4v) is 1.08. The Morgan fingerprint density at radius 3 is 2.44 bits per heavy atom. The van der Waals surface area contributed by atoms with Gasteiger partial charge < -0.3 is 9.84 Å². The number of hydrazine groups is 1. The summed E-state index contributed by atoms with van der Waals surface area (Å²) in [4.78, 5) is 11.6. The number of nitrogens with zero attached hydrogens (tertiary/aromatic N) is 1. The summed E-state index contributed by atoms with van der Waals surface area (Å²) in [6, 6.07) is 6.28. The summed E-state index contributed by atoms with van der Waals surface area (Å²) in [5, 5.41) is 10.3. The van der Waals surface area contributed by atoms with Gasteiger partial charge in [-0.2, -0.15) is 0 Å². The van der Waals surface area contributed by atoms with E-state index in [2.05, 4.69) is 0 Å². The number of amides is 1. The van der Waals surface area contributed by atoms with Crippen molar-refractivity contribution in [1.82, 2.24) is 0 Å². The van der Waals surface area contributed by atoms with Crippen LogP contribution in [0.3, 0.4) is 0 Å². The van der Waals surface area contributed by atoms with E-state index in [4.69, 9.17) is 10.6 Å². The summed E-state index contributed by atoms with van der Waals surface area (Å²) in [6.07, 6.45) is -0.714. The zero-order valence-electron chi connectivity index (χ0n) is 9.60. The molecule has 0 spiro atoms. The Bertz CT molecular complexity index is 385. The Morgan fingerprint density at radius 2 is 1.94 bits per heavy atom. The van der Waals surface area contributed by atoms with Crippen molar-refractivity contribution in [3.63, 3.8) is 0 Å². The molecule has 1 aromatic rings. The number of ether oxygens (including phenoxy) is 1. The maximum Gasteiger partial charge on any atom is 0.429 e. The third-order valence-corrected chi connectivity index (χ3v) is 1.73. The molecular weight excluding hydrogens is 208 g/mol. The number of para-hydroxylation sites is 2. The predicted molar refractivity (Wildman–Crippen MR) is 61.0 cm³/mol. The molecule has 0 bridgehead atoms. The summed E-state index contributed by atoms with van der Waals surface area (Å²) in [7, 11) is 0. The second-order valence-electron chi connectivity index (χ2n) is 4.34. The Hall–Kier alpha value is -1.75. The van der Waals surface area contributed by atoms with Crippen molar-refractivity contribution >= 4 is 11.8 Å². The molecule has 0 aliphatic heterocycles. The van der Waals surface area contributed by atoms with E-state index >= 15 is 0 Å². The number of hydrogen-bond donors (Lipinski definition) is 2. The highest BCUT2D eigenvalue weighted by atomic mass is 16.6. The van der Waals surface area contributed by atoms with E-state index < -0.39 is 11.7 Å². The minimum atomic E-state index is -0.714. The van der Waals surface area contributed by atoms with Crippen LogP contribution in [0.4, 0.5) is 10.5 Å². The lowest BCUT2D eigenvalue weighted by atomic mass is 10.2. The molecule has 0 unspecified atom stereocenters. The van der Waals surface area contributed by atoms with Gasteiger partial charge in [-0.05, 0) is 32.9 Å². The summed E-state index contributed by atoms with van der Waals surface area (Å²) < 4.78 is 5.06. The van der Waals surface area contributed by atoms with Crippen molar-refractivity contribution in [2.24, 2.45) is 5.84 Å². The molecule has 0 aliphatic carbocycles. The molecule has 16 heavy (non-hydrogen) atoms. The number of anilines is 1. The SMILES string of the molecule is CC(C)(C)OC(=O)N(N)c1ccccc1O.